The minimum absolute atomic E-state index is 0.261. The van der Waals surface area contributed by atoms with Gasteiger partial charge >= 0.3 is 5.69 Å². The van der Waals surface area contributed by atoms with Crippen molar-refractivity contribution in [3.05, 3.63) is 76.7 Å². The molecule has 0 spiro atoms. The van der Waals surface area contributed by atoms with Crippen LogP contribution in [0.1, 0.15) is 25.0 Å². The molecule has 8 nitrogen and oxygen atoms in total. The molecule has 1 aliphatic rings. The standard InChI is InChI=1S/C22H20FN7O/c23-16-6-2-11-24-19(16)22(9-3-10-22)13-25-18-8-7-17(27-28-18)14-4-1-5-15(12-14)20-26-21(31)30-29-20/h1-2,4-8,11-12H,3,9-10,13H2,(H,25,28)(H2,26,29,30,31). The third-order valence-corrected chi connectivity index (χ3v) is 5.78. The van der Waals surface area contributed by atoms with Crippen LogP contribution in [0.25, 0.3) is 22.6 Å². The van der Waals surface area contributed by atoms with Crippen LogP contribution in [0.15, 0.2) is 59.5 Å². The lowest BCUT2D eigenvalue weighted by Crippen LogP contribution is -2.42. The van der Waals surface area contributed by atoms with Gasteiger partial charge in [-0.3, -0.25) is 9.97 Å². The number of pyridine rings is 1. The van der Waals surface area contributed by atoms with Crippen molar-refractivity contribution in [3.63, 3.8) is 0 Å². The van der Waals surface area contributed by atoms with E-state index in [2.05, 4.69) is 35.7 Å². The quantitative estimate of drug-likeness (QED) is 0.444. The number of aromatic amines is 2. The molecule has 1 saturated carbocycles. The second kappa shape index (κ2) is 7.75. The Labute approximate surface area is 177 Å². The van der Waals surface area contributed by atoms with E-state index >= 15 is 0 Å². The van der Waals surface area contributed by atoms with Crippen molar-refractivity contribution in [2.75, 3.05) is 11.9 Å². The van der Waals surface area contributed by atoms with Crippen molar-refractivity contribution in [2.45, 2.75) is 24.7 Å². The molecule has 1 aliphatic carbocycles. The second-order valence-electron chi connectivity index (χ2n) is 7.73. The van der Waals surface area contributed by atoms with Crippen molar-refractivity contribution < 1.29 is 4.39 Å². The van der Waals surface area contributed by atoms with Crippen LogP contribution in [0.2, 0.25) is 0 Å². The monoisotopic (exact) mass is 417 g/mol. The summed E-state index contributed by atoms with van der Waals surface area (Å²) in [4.78, 5) is 18.2. The third kappa shape index (κ3) is 3.70. The van der Waals surface area contributed by atoms with E-state index in [0.29, 0.717) is 29.6 Å². The number of benzene rings is 1. The van der Waals surface area contributed by atoms with Gasteiger partial charge in [-0.2, -0.15) is 5.10 Å². The van der Waals surface area contributed by atoms with E-state index in [1.807, 2.05) is 36.4 Å². The summed E-state index contributed by atoms with van der Waals surface area (Å²) in [5.74, 6) is 0.827. The Morgan fingerprint density at radius 1 is 1.06 bits per heavy atom. The topological polar surface area (TPSA) is 112 Å². The molecule has 0 unspecified atom stereocenters. The SMILES string of the molecule is O=c1[nH]nc(-c2cccc(-c3ccc(NCC4(c5ncccc5F)CCC4)nn3)c2)[nH]1. The van der Waals surface area contributed by atoms with Crippen LogP contribution in [0.4, 0.5) is 10.2 Å². The number of aromatic nitrogens is 6. The Kier molecular flexibility index (Phi) is 4.78. The minimum Gasteiger partial charge on any atom is -0.368 e. The fourth-order valence-corrected chi connectivity index (χ4v) is 3.95. The summed E-state index contributed by atoms with van der Waals surface area (Å²) in [6, 6.07) is 14.3. The van der Waals surface area contributed by atoms with Gasteiger partial charge in [0.2, 0.25) is 0 Å². The number of rotatable bonds is 6. The summed E-state index contributed by atoms with van der Waals surface area (Å²) in [6.07, 6.45) is 4.47. The molecule has 3 N–H and O–H groups in total. The first-order chi connectivity index (χ1) is 15.1. The fourth-order valence-electron chi connectivity index (χ4n) is 3.95. The summed E-state index contributed by atoms with van der Waals surface area (Å²) in [5.41, 5.74) is 2.17. The zero-order valence-corrected chi connectivity index (χ0v) is 16.6. The largest absolute Gasteiger partial charge is 0.368 e. The lowest BCUT2D eigenvalue weighted by atomic mass is 9.66. The Bertz CT molecular complexity index is 1260. The number of nitrogens with zero attached hydrogens (tertiary/aromatic N) is 4. The lowest BCUT2D eigenvalue weighted by Gasteiger charge is -2.41. The molecule has 1 fully saturated rings. The maximum atomic E-state index is 14.3. The maximum Gasteiger partial charge on any atom is 0.340 e. The van der Waals surface area contributed by atoms with Gasteiger partial charge in [0.1, 0.15) is 11.6 Å². The van der Waals surface area contributed by atoms with Gasteiger partial charge in [0.15, 0.2) is 5.82 Å². The lowest BCUT2D eigenvalue weighted by molar-refractivity contribution is 0.243. The molecule has 156 valence electrons. The van der Waals surface area contributed by atoms with Crippen molar-refractivity contribution in [1.29, 1.82) is 0 Å². The van der Waals surface area contributed by atoms with Crippen LogP contribution in [0.3, 0.4) is 0 Å². The third-order valence-electron chi connectivity index (χ3n) is 5.78. The normalized spacial score (nSPS) is 14.7. The molecule has 0 atom stereocenters. The summed E-state index contributed by atoms with van der Waals surface area (Å²) in [6.45, 7) is 0.553. The zero-order valence-electron chi connectivity index (χ0n) is 16.6. The highest BCUT2D eigenvalue weighted by Gasteiger charge is 2.41. The fraction of sp³-hybridized carbons (Fsp3) is 0.227. The smallest absolute Gasteiger partial charge is 0.340 e. The van der Waals surface area contributed by atoms with E-state index in [4.69, 9.17) is 0 Å². The first-order valence-electron chi connectivity index (χ1n) is 10.1. The molecule has 31 heavy (non-hydrogen) atoms. The van der Waals surface area contributed by atoms with Gasteiger partial charge in [-0.25, -0.2) is 14.3 Å². The van der Waals surface area contributed by atoms with Gasteiger partial charge in [-0.1, -0.05) is 24.6 Å². The van der Waals surface area contributed by atoms with E-state index in [1.54, 1.807) is 12.3 Å². The van der Waals surface area contributed by atoms with Crippen LogP contribution < -0.4 is 11.0 Å². The second-order valence-corrected chi connectivity index (χ2v) is 7.73. The van der Waals surface area contributed by atoms with Crippen LogP contribution in [-0.2, 0) is 5.41 Å². The molecule has 0 bridgehead atoms. The maximum absolute atomic E-state index is 14.3. The highest BCUT2D eigenvalue weighted by atomic mass is 19.1. The molecule has 0 saturated heterocycles. The average molecular weight is 417 g/mol. The Morgan fingerprint density at radius 2 is 1.94 bits per heavy atom. The highest BCUT2D eigenvalue weighted by Crippen LogP contribution is 2.43. The van der Waals surface area contributed by atoms with Crippen LogP contribution >= 0.6 is 0 Å². The Morgan fingerprint density at radius 3 is 2.61 bits per heavy atom. The van der Waals surface area contributed by atoms with Gasteiger partial charge in [0.25, 0.3) is 0 Å². The van der Waals surface area contributed by atoms with Crippen molar-refractivity contribution in [1.82, 2.24) is 30.4 Å². The van der Waals surface area contributed by atoms with E-state index in [9.17, 15) is 9.18 Å². The number of halogens is 1. The van der Waals surface area contributed by atoms with E-state index < -0.39 is 0 Å². The molecule has 4 aromatic rings. The molecular weight excluding hydrogens is 397 g/mol. The molecule has 0 aliphatic heterocycles. The summed E-state index contributed by atoms with van der Waals surface area (Å²) < 4.78 is 14.3. The first kappa shape index (κ1) is 19.1. The number of hydrogen-bond acceptors (Lipinski definition) is 6. The molecular formula is C22H20FN7O. The van der Waals surface area contributed by atoms with Gasteiger partial charge in [0, 0.05) is 29.3 Å². The number of H-pyrrole nitrogens is 2. The Hall–Kier alpha value is -3.88. The van der Waals surface area contributed by atoms with Gasteiger partial charge in [-0.05, 0) is 43.2 Å². The highest BCUT2D eigenvalue weighted by molar-refractivity contribution is 5.67. The zero-order chi connectivity index (χ0) is 21.3. The van der Waals surface area contributed by atoms with Crippen LogP contribution in [0, 0.1) is 5.82 Å². The first-order valence-corrected chi connectivity index (χ1v) is 10.1. The van der Waals surface area contributed by atoms with E-state index in [0.717, 1.165) is 30.4 Å². The van der Waals surface area contributed by atoms with E-state index in [-0.39, 0.29) is 16.9 Å². The molecule has 5 rings (SSSR count). The number of nitrogens with one attached hydrogen (secondary N) is 3. The van der Waals surface area contributed by atoms with Crippen molar-refractivity contribution in [2.24, 2.45) is 0 Å². The van der Waals surface area contributed by atoms with Crippen molar-refractivity contribution in [3.8, 4) is 22.6 Å². The summed E-state index contributed by atoms with van der Waals surface area (Å²) in [7, 11) is 0. The number of anilines is 1. The minimum atomic E-state index is -0.356. The van der Waals surface area contributed by atoms with Gasteiger partial charge in [-0.15, -0.1) is 10.2 Å². The van der Waals surface area contributed by atoms with Gasteiger partial charge in [0.05, 0.1) is 11.4 Å². The number of hydrogen-bond donors (Lipinski definition) is 3. The summed E-state index contributed by atoms with van der Waals surface area (Å²) in [5, 5.41) is 18.2. The average Bonchev–Trinajstić information content (AvgIpc) is 3.21. The van der Waals surface area contributed by atoms with E-state index in [1.165, 1.54) is 6.07 Å². The molecule has 1 aromatic carbocycles. The molecule has 9 heteroatoms. The molecule has 3 heterocycles. The predicted molar refractivity (Wildman–Crippen MR) is 114 cm³/mol. The molecule has 3 aromatic heterocycles. The van der Waals surface area contributed by atoms with Gasteiger partial charge < -0.3 is 5.32 Å². The predicted octanol–water partition coefficient (Wildman–Crippen LogP) is 3.29. The Balaban J connectivity index is 1.32. The van der Waals surface area contributed by atoms with Crippen LogP contribution in [0.5, 0.6) is 0 Å². The van der Waals surface area contributed by atoms with Crippen LogP contribution in [-0.4, -0.2) is 36.9 Å². The summed E-state index contributed by atoms with van der Waals surface area (Å²) >= 11 is 0. The molecule has 0 amide bonds. The molecule has 0 radical (unpaired) electrons. The van der Waals surface area contributed by atoms with Crippen molar-refractivity contribution >= 4 is 5.82 Å².